The fourth-order valence-corrected chi connectivity index (χ4v) is 4.40. The highest BCUT2D eigenvalue weighted by Crippen LogP contribution is 2.34. The summed E-state index contributed by atoms with van der Waals surface area (Å²) in [5, 5.41) is 9.25. The number of hydrogen-bond acceptors (Lipinski definition) is 7. The van der Waals surface area contributed by atoms with Gasteiger partial charge in [0, 0.05) is 22.1 Å². The van der Waals surface area contributed by atoms with Gasteiger partial charge in [-0.15, -0.1) is 0 Å². The molecule has 3 aromatic rings. The molecule has 7 nitrogen and oxygen atoms in total. The average molecular weight is 481 g/mol. The second-order valence-corrected chi connectivity index (χ2v) is 9.71. The molecule has 0 fully saturated rings. The van der Waals surface area contributed by atoms with Crippen LogP contribution in [0, 0.1) is 26.7 Å². The number of rotatable bonds is 10. The zero-order valence-electron chi connectivity index (χ0n) is 20.3. The van der Waals surface area contributed by atoms with E-state index in [4.69, 9.17) is 15.5 Å². The number of nitrogens with zero attached hydrogens (tertiary/aromatic N) is 2. The van der Waals surface area contributed by atoms with Crippen LogP contribution >= 0.6 is 11.9 Å². The lowest BCUT2D eigenvalue weighted by molar-refractivity contribution is 0.0696. The van der Waals surface area contributed by atoms with Gasteiger partial charge in [-0.05, 0) is 74.4 Å². The van der Waals surface area contributed by atoms with Crippen molar-refractivity contribution >= 4 is 23.9 Å². The Kier molecular flexibility index (Phi) is 8.52. The van der Waals surface area contributed by atoms with Gasteiger partial charge in [0.15, 0.2) is 0 Å². The summed E-state index contributed by atoms with van der Waals surface area (Å²) in [6.07, 6.45) is 0.856. The normalized spacial score (nSPS) is 12.0. The van der Waals surface area contributed by atoms with Crippen LogP contribution in [0.1, 0.15) is 47.3 Å². The maximum Gasteiger partial charge on any atom is 0.335 e. The van der Waals surface area contributed by atoms with E-state index in [9.17, 15) is 9.90 Å². The summed E-state index contributed by atoms with van der Waals surface area (Å²) in [6.45, 7) is 10.7. The molecule has 0 unspecified atom stereocenters. The molecule has 0 saturated heterocycles. The molecule has 1 atom stereocenters. The predicted molar refractivity (Wildman–Crippen MR) is 137 cm³/mol. The number of anilines is 1. The van der Waals surface area contributed by atoms with E-state index in [1.165, 1.54) is 11.9 Å². The lowest BCUT2D eigenvalue weighted by Gasteiger charge is -2.19. The SMILES string of the molecule is Cc1cccc(C)c1-c1nc(NSc2cccc(C(=O)O)c2)nc(OC[C@H](N)CC(C)C)c1C. The largest absolute Gasteiger partial charge is 0.478 e. The number of benzene rings is 2. The van der Waals surface area contributed by atoms with Crippen LogP contribution in [0.5, 0.6) is 5.88 Å². The van der Waals surface area contributed by atoms with E-state index in [1.54, 1.807) is 18.2 Å². The average Bonchev–Trinajstić information content (AvgIpc) is 2.78. The number of hydrogen-bond donors (Lipinski definition) is 3. The van der Waals surface area contributed by atoms with Gasteiger partial charge in [0.2, 0.25) is 11.8 Å². The quantitative estimate of drug-likeness (QED) is 0.320. The summed E-state index contributed by atoms with van der Waals surface area (Å²) in [5.74, 6) is 0.362. The number of nitrogens with two attached hydrogens (primary N) is 1. The summed E-state index contributed by atoms with van der Waals surface area (Å²) in [5.41, 5.74) is 11.4. The van der Waals surface area contributed by atoms with Crippen molar-refractivity contribution in [2.24, 2.45) is 11.7 Å². The third kappa shape index (κ3) is 6.48. The predicted octanol–water partition coefficient (Wildman–Crippen LogP) is 5.64. The summed E-state index contributed by atoms with van der Waals surface area (Å²) >= 11 is 1.25. The van der Waals surface area contributed by atoms with Gasteiger partial charge in [0.1, 0.15) is 6.61 Å². The molecule has 0 bridgehead atoms. The van der Waals surface area contributed by atoms with Gasteiger partial charge in [-0.25, -0.2) is 9.78 Å². The van der Waals surface area contributed by atoms with E-state index in [1.807, 2.05) is 19.1 Å². The second-order valence-electron chi connectivity index (χ2n) is 8.83. The molecule has 8 heteroatoms. The third-order valence-electron chi connectivity index (χ3n) is 5.37. The Morgan fingerprint density at radius 2 is 1.79 bits per heavy atom. The Balaban J connectivity index is 1.95. The molecule has 4 N–H and O–H groups in total. The zero-order valence-corrected chi connectivity index (χ0v) is 21.1. The van der Waals surface area contributed by atoms with Crippen molar-refractivity contribution in [2.75, 3.05) is 11.3 Å². The van der Waals surface area contributed by atoms with E-state index in [-0.39, 0.29) is 11.6 Å². The van der Waals surface area contributed by atoms with Crippen LogP contribution in [0.15, 0.2) is 47.4 Å². The van der Waals surface area contributed by atoms with Crippen LogP contribution < -0.4 is 15.2 Å². The smallest absolute Gasteiger partial charge is 0.335 e. The summed E-state index contributed by atoms with van der Waals surface area (Å²) in [6, 6.07) is 12.7. The molecule has 34 heavy (non-hydrogen) atoms. The number of ether oxygens (including phenoxy) is 1. The lowest BCUT2D eigenvalue weighted by Crippen LogP contribution is -2.29. The standard InChI is InChI=1S/C26H32N4O3S/c1-15(2)12-20(27)14-33-24-18(5)23(22-16(3)8-6-9-17(22)4)28-26(29-24)30-34-21-11-7-10-19(13-21)25(31)32/h6-11,13,15,20H,12,14,27H2,1-5H3,(H,31,32)(H,28,29,30)/t20-/m1/s1. The first-order valence-corrected chi connectivity index (χ1v) is 12.1. The van der Waals surface area contributed by atoms with Crippen molar-refractivity contribution < 1.29 is 14.6 Å². The van der Waals surface area contributed by atoms with E-state index >= 15 is 0 Å². The van der Waals surface area contributed by atoms with Crippen LogP contribution in [0.25, 0.3) is 11.3 Å². The molecule has 0 spiro atoms. The number of carboxylic acid groups (broad SMARTS) is 1. The summed E-state index contributed by atoms with van der Waals surface area (Å²) < 4.78 is 9.24. The molecule has 0 amide bonds. The molecule has 180 valence electrons. The van der Waals surface area contributed by atoms with Gasteiger partial charge in [-0.3, -0.25) is 4.72 Å². The molecule has 0 aliphatic rings. The fraction of sp³-hybridized carbons (Fsp3) is 0.346. The molecule has 3 rings (SSSR count). The molecule has 1 aromatic heterocycles. The van der Waals surface area contributed by atoms with Gasteiger partial charge in [0.25, 0.3) is 0 Å². The van der Waals surface area contributed by atoms with Crippen molar-refractivity contribution in [3.05, 3.63) is 64.7 Å². The minimum absolute atomic E-state index is 0.0949. The van der Waals surface area contributed by atoms with Gasteiger partial charge in [-0.2, -0.15) is 4.98 Å². The molecular formula is C26H32N4O3S. The lowest BCUT2D eigenvalue weighted by atomic mass is 9.97. The molecule has 0 aliphatic carbocycles. The topological polar surface area (TPSA) is 110 Å². The Hall–Kier alpha value is -3.10. The highest BCUT2D eigenvalue weighted by Gasteiger charge is 2.18. The highest BCUT2D eigenvalue weighted by molar-refractivity contribution is 8.00. The van der Waals surface area contributed by atoms with Crippen molar-refractivity contribution in [1.82, 2.24) is 9.97 Å². The zero-order chi connectivity index (χ0) is 24.8. The van der Waals surface area contributed by atoms with Crippen molar-refractivity contribution in [3.63, 3.8) is 0 Å². The van der Waals surface area contributed by atoms with Crippen LogP contribution in [0.4, 0.5) is 5.95 Å². The van der Waals surface area contributed by atoms with Crippen molar-refractivity contribution in [2.45, 2.75) is 52.0 Å². The van der Waals surface area contributed by atoms with Gasteiger partial charge in [0.05, 0.1) is 11.3 Å². The van der Waals surface area contributed by atoms with Crippen molar-refractivity contribution in [3.8, 4) is 17.1 Å². The van der Waals surface area contributed by atoms with Gasteiger partial charge >= 0.3 is 5.97 Å². The number of nitrogens with one attached hydrogen (secondary N) is 1. The Morgan fingerprint density at radius 3 is 2.44 bits per heavy atom. The van der Waals surface area contributed by atoms with Crippen LogP contribution in [0.2, 0.25) is 0 Å². The molecule has 1 heterocycles. The summed E-state index contributed by atoms with van der Waals surface area (Å²) in [7, 11) is 0. The maximum absolute atomic E-state index is 11.3. The number of aromatic carboxylic acids is 1. The number of carboxylic acids is 1. The van der Waals surface area contributed by atoms with Gasteiger partial charge < -0.3 is 15.6 Å². The van der Waals surface area contributed by atoms with Crippen LogP contribution in [-0.2, 0) is 0 Å². The Labute approximate surface area is 205 Å². The first-order chi connectivity index (χ1) is 16.2. The van der Waals surface area contributed by atoms with Crippen molar-refractivity contribution in [1.29, 1.82) is 0 Å². The molecule has 2 aromatic carbocycles. The number of carbonyl (C=O) groups is 1. The van der Waals surface area contributed by atoms with Gasteiger partial charge in [-0.1, -0.05) is 38.1 Å². The van der Waals surface area contributed by atoms with E-state index < -0.39 is 5.97 Å². The number of aryl methyl sites for hydroxylation is 2. The minimum atomic E-state index is -0.972. The molecular weight excluding hydrogens is 448 g/mol. The highest BCUT2D eigenvalue weighted by atomic mass is 32.2. The first kappa shape index (κ1) is 25.5. The van der Waals surface area contributed by atoms with E-state index in [0.29, 0.717) is 24.4 Å². The third-order valence-corrected chi connectivity index (χ3v) is 6.14. The van der Waals surface area contributed by atoms with E-state index in [2.05, 4.69) is 49.5 Å². The van der Waals surface area contributed by atoms with Crippen LogP contribution in [-0.4, -0.2) is 33.7 Å². The minimum Gasteiger partial charge on any atom is -0.478 e. The second kappa shape index (κ2) is 11.4. The Bertz CT molecular complexity index is 1150. The Morgan fingerprint density at radius 1 is 1.12 bits per heavy atom. The van der Waals surface area contributed by atoms with Crippen LogP contribution in [0.3, 0.4) is 0 Å². The monoisotopic (exact) mass is 480 g/mol. The summed E-state index contributed by atoms with van der Waals surface area (Å²) in [4.78, 5) is 21.4. The van der Waals surface area contributed by atoms with E-state index in [0.717, 1.165) is 39.3 Å². The molecule has 0 radical (unpaired) electrons. The number of aromatic nitrogens is 2. The molecule has 0 saturated carbocycles. The first-order valence-electron chi connectivity index (χ1n) is 11.3. The fourth-order valence-electron chi connectivity index (χ4n) is 3.77. The molecule has 0 aliphatic heterocycles. The maximum atomic E-state index is 11.3.